The molecule has 0 unspecified atom stereocenters. The van der Waals surface area contributed by atoms with Crippen molar-refractivity contribution < 1.29 is 4.74 Å². The highest BCUT2D eigenvalue weighted by Gasteiger charge is 2.22. The Morgan fingerprint density at radius 3 is 2.47 bits per heavy atom. The van der Waals surface area contributed by atoms with E-state index in [2.05, 4.69) is 61.2 Å². The van der Waals surface area contributed by atoms with Crippen molar-refractivity contribution in [2.24, 2.45) is 0 Å². The number of ether oxygens (including phenoxy) is 1. The lowest BCUT2D eigenvalue weighted by atomic mass is 10.1. The monoisotopic (exact) mass is 437 g/mol. The van der Waals surface area contributed by atoms with E-state index in [0.29, 0.717) is 6.04 Å². The Balaban J connectivity index is 1.19. The van der Waals surface area contributed by atoms with E-state index in [1.165, 1.54) is 11.4 Å². The molecule has 8 nitrogen and oxygen atoms in total. The minimum atomic E-state index is 0.371. The molecule has 0 radical (unpaired) electrons. The third kappa shape index (κ3) is 5.07. The second kappa shape index (κ2) is 9.92. The van der Waals surface area contributed by atoms with Crippen LogP contribution < -0.4 is 20.0 Å². The number of piperazine rings is 1. The van der Waals surface area contributed by atoms with Crippen LogP contribution >= 0.6 is 0 Å². The molecule has 0 saturated carbocycles. The van der Waals surface area contributed by atoms with Gasteiger partial charge in [-0.25, -0.2) is 9.97 Å². The van der Waals surface area contributed by atoms with Gasteiger partial charge in [-0.2, -0.15) is 0 Å². The SMILES string of the molecule is CN1CCN(c2ccc(N3CCC[C@@H](Nc4cc(N5CCOCC5)ccn4)C3)nc2)CC1. The summed E-state index contributed by atoms with van der Waals surface area (Å²) in [6, 6.07) is 9.06. The molecular formula is C24H35N7O. The summed E-state index contributed by atoms with van der Waals surface area (Å²) >= 11 is 0. The fourth-order valence-corrected chi connectivity index (χ4v) is 4.85. The van der Waals surface area contributed by atoms with E-state index in [4.69, 9.17) is 9.72 Å². The maximum Gasteiger partial charge on any atom is 0.128 e. The number of piperidine rings is 1. The van der Waals surface area contributed by atoms with Crippen LogP contribution in [0.1, 0.15) is 12.8 Å². The van der Waals surface area contributed by atoms with Gasteiger partial charge in [0, 0.05) is 76.4 Å². The van der Waals surface area contributed by atoms with Crippen molar-refractivity contribution >= 4 is 23.0 Å². The maximum atomic E-state index is 5.48. The third-order valence-electron chi connectivity index (χ3n) is 6.82. The molecule has 5 rings (SSSR count). The Hall–Kier alpha value is -2.58. The predicted molar refractivity (Wildman–Crippen MR) is 130 cm³/mol. The molecule has 32 heavy (non-hydrogen) atoms. The first-order valence-electron chi connectivity index (χ1n) is 11.9. The molecule has 0 aromatic carbocycles. The number of rotatable bonds is 5. The van der Waals surface area contributed by atoms with Gasteiger partial charge in [-0.05, 0) is 38.1 Å². The van der Waals surface area contributed by atoms with Crippen molar-refractivity contribution in [3.8, 4) is 0 Å². The molecule has 1 N–H and O–H groups in total. The van der Waals surface area contributed by atoms with Gasteiger partial charge >= 0.3 is 0 Å². The summed E-state index contributed by atoms with van der Waals surface area (Å²) in [5.41, 5.74) is 2.46. The second-order valence-electron chi connectivity index (χ2n) is 9.09. The summed E-state index contributed by atoms with van der Waals surface area (Å²) in [6.45, 7) is 9.85. The van der Waals surface area contributed by atoms with Crippen LogP contribution in [0.15, 0.2) is 36.7 Å². The van der Waals surface area contributed by atoms with E-state index in [0.717, 1.165) is 90.0 Å². The van der Waals surface area contributed by atoms with Crippen LogP contribution in [0.4, 0.5) is 23.0 Å². The van der Waals surface area contributed by atoms with Gasteiger partial charge in [-0.1, -0.05) is 0 Å². The molecule has 3 saturated heterocycles. The lowest BCUT2D eigenvalue weighted by molar-refractivity contribution is 0.122. The number of morpholine rings is 1. The zero-order valence-electron chi connectivity index (χ0n) is 19.1. The zero-order chi connectivity index (χ0) is 21.8. The molecule has 0 bridgehead atoms. The molecule has 0 amide bonds. The van der Waals surface area contributed by atoms with Gasteiger partial charge in [0.15, 0.2) is 0 Å². The normalized spacial score (nSPS) is 22.8. The van der Waals surface area contributed by atoms with Crippen LogP contribution in [0.25, 0.3) is 0 Å². The van der Waals surface area contributed by atoms with Gasteiger partial charge in [0.1, 0.15) is 11.6 Å². The number of hydrogen-bond acceptors (Lipinski definition) is 8. The molecule has 5 heterocycles. The largest absolute Gasteiger partial charge is 0.378 e. The molecule has 172 valence electrons. The average molecular weight is 438 g/mol. The van der Waals surface area contributed by atoms with Crippen molar-refractivity contribution in [2.75, 3.05) is 92.6 Å². The molecule has 0 aliphatic carbocycles. The molecular weight excluding hydrogens is 402 g/mol. The summed E-state index contributed by atoms with van der Waals surface area (Å²) in [5.74, 6) is 2.03. The first kappa shape index (κ1) is 21.3. The van der Waals surface area contributed by atoms with Crippen LogP contribution in [-0.4, -0.2) is 93.5 Å². The smallest absolute Gasteiger partial charge is 0.128 e. The first-order valence-corrected chi connectivity index (χ1v) is 11.9. The molecule has 2 aromatic heterocycles. The van der Waals surface area contributed by atoms with Crippen LogP contribution in [0.3, 0.4) is 0 Å². The number of likely N-dealkylation sites (N-methyl/N-ethyl adjacent to an activating group) is 1. The third-order valence-corrected chi connectivity index (χ3v) is 6.82. The van der Waals surface area contributed by atoms with E-state index in [1.807, 2.05) is 12.4 Å². The Labute approximate surface area is 191 Å². The van der Waals surface area contributed by atoms with Crippen LogP contribution in [0.2, 0.25) is 0 Å². The topological polar surface area (TPSA) is 60.0 Å². The van der Waals surface area contributed by atoms with E-state index in [-0.39, 0.29) is 0 Å². The number of aromatic nitrogens is 2. The highest BCUT2D eigenvalue weighted by molar-refractivity contribution is 5.55. The first-order chi connectivity index (χ1) is 15.7. The zero-order valence-corrected chi connectivity index (χ0v) is 19.1. The van der Waals surface area contributed by atoms with Crippen LogP contribution in [0, 0.1) is 0 Å². The number of pyridine rings is 2. The fraction of sp³-hybridized carbons (Fsp3) is 0.583. The van der Waals surface area contributed by atoms with Crippen LogP contribution in [-0.2, 0) is 4.74 Å². The van der Waals surface area contributed by atoms with Crippen LogP contribution in [0.5, 0.6) is 0 Å². The van der Waals surface area contributed by atoms with E-state index < -0.39 is 0 Å². The van der Waals surface area contributed by atoms with Gasteiger partial charge in [-0.3, -0.25) is 0 Å². The molecule has 0 spiro atoms. The van der Waals surface area contributed by atoms with Crippen molar-refractivity contribution in [3.63, 3.8) is 0 Å². The Morgan fingerprint density at radius 2 is 1.69 bits per heavy atom. The molecule has 8 heteroatoms. The molecule has 2 aromatic rings. The Morgan fingerprint density at radius 1 is 0.875 bits per heavy atom. The minimum Gasteiger partial charge on any atom is -0.378 e. The lowest BCUT2D eigenvalue weighted by Crippen LogP contribution is -2.44. The number of nitrogens with zero attached hydrogens (tertiary/aromatic N) is 6. The van der Waals surface area contributed by atoms with Gasteiger partial charge < -0.3 is 29.7 Å². The van der Waals surface area contributed by atoms with Gasteiger partial charge in [0.25, 0.3) is 0 Å². The standard InChI is InChI=1S/C24H35N7O/c1-28-9-11-29(12-10-28)22-4-5-24(26-18-22)31-8-2-3-20(19-31)27-23-17-21(6-7-25-23)30-13-15-32-16-14-30/h4-7,17-18,20H,2-3,8-16,19H2,1H3,(H,25,27)/t20-/m1/s1. The Kier molecular flexibility index (Phi) is 6.59. The maximum absolute atomic E-state index is 5.48. The highest BCUT2D eigenvalue weighted by atomic mass is 16.5. The number of nitrogens with one attached hydrogen (secondary N) is 1. The van der Waals surface area contributed by atoms with Crippen molar-refractivity contribution in [3.05, 3.63) is 36.7 Å². The second-order valence-corrected chi connectivity index (χ2v) is 9.09. The van der Waals surface area contributed by atoms with E-state index in [9.17, 15) is 0 Å². The van der Waals surface area contributed by atoms with E-state index >= 15 is 0 Å². The molecule has 3 aliphatic rings. The van der Waals surface area contributed by atoms with Crippen molar-refractivity contribution in [1.82, 2.24) is 14.9 Å². The van der Waals surface area contributed by atoms with Gasteiger partial charge in [0.05, 0.1) is 25.1 Å². The summed E-state index contributed by atoms with van der Waals surface area (Å²) in [6.07, 6.45) is 6.26. The average Bonchev–Trinajstić information content (AvgIpc) is 2.86. The Bertz CT molecular complexity index is 863. The molecule has 3 aliphatic heterocycles. The summed E-state index contributed by atoms with van der Waals surface area (Å²) < 4.78 is 5.48. The summed E-state index contributed by atoms with van der Waals surface area (Å²) in [4.78, 5) is 19.0. The van der Waals surface area contributed by atoms with Gasteiger partial charge in [0.2, 0.25) is 0 Å². The number of anilines is 4. The highest BCUT2D eigenvalue weighted by Crippen LogP contribution is 2.24. The quantitative estimate of drug-likeness (QED) is 0.764. The van der Waals surface area contributed by atoms with Crippen molar-refractivity contribution in [1.29, 1.82) is 0 Å². The fourth-order valence-electron chi connectivity index (χ4n) is 4.85. The number of hydrogen-bond donors (Lipinski definition) is 1. The van der Waals surface area contributed by atoms with Gasteiger partial charge in [-0.15, -0.1) is 0 Å². The lowest BCUT2D eigenvalue weighted by Gasteiger charge is -2.36. The summed E-state index contributed by atoms with van der Waals surface area (Å²) in [5, 5.41) is 3.68. The van der Waals surface area contributed by atoms with E-state index in [1.54, 1.807) is 0 Å². The van der Waals surface area contributed by atoms with Crippen molar-refractivity contribution in [2.45, 2.75) is 18.9 Å². The predicted octanol–water partition coefficient (Wildman–Crippen LogP) is 2.15. The minimum absolute atomic E-state index is 0.371. The summed E-state index contributed by atoms with van der Waals surface area (Å²) in [7, 11) is 2.19. The molecule has 1 atom stereocenters. The molecule has 3 fully saturated rings.